The van der Waals surface area contributed by atoms with E-state index >= 15 is 0 Å². The van der Waals surface area contributed by atoms with E-state index in [1.807, 2.05) is 35.9 Å². The first-order valence-corrected chi connectivity index (χ1v) is 8.00. The van der Waals surface area contributed by atoms with E-state index < -0.39 is 0 Å². The molecule has 2 aromatic rings. The molecule has 1 atom stereocenters. The summed E-state index contributed by atoms with van der Waals surface area (Å²) >= 11 is 0. The molecule has 1 N–H and O–H groups in total. The second-order valence-electron chi connectivity index (χ2n) is 6.23. The number of ether oxygens (including phenoxy) is 1. The summed E-state index contributed by atoms with van der Waals surface area (Å²) in [6.07, 6.45) is 3.65. The summed E-state index contributed by atoms with van der Waals surface area (Å²) in [7, 11) is 0. The fourth-order valence-corrected chi connectivity index (χ4v) is 3.19. The lowest BCUT2D eigenvalue weighted by molar-refractivity contribution is 0.127. The van der Waals surface area contributed by atoms with Gasteiger partial charge in [-0.2, -0.15) is 0 Å². The Morgan fingerprint density at radius 3 is 3.12 bits per heavy atom. The molecule has 0 aliphatic carbocycles. The van der Waals surface area contributed by atoms with E-state index in [-0.39, 0.29) is 18.2 Å². The van der Waals surface area contributed by atoms with Gasteiger partial charge < -0.3 is 19.4 Å². The lowest BCUT2D eigenvalue weighted by Crippen LogP contribution is -2.55. The Bertz CT molecular complexity index is 802. The lowest BCUT2D eigenvalue weighted by Gasteiger charge is -2.35. The van der Waals surface area contributed by atoms with Crippen molar-refractivity contribution in [2.45, 2.75) is 19.5 Å². The van der Waals surface area contributed by atoms with E-state index in [1.54, 1.807) is 9.80 Å². The topological polar surface area (TPSA) is 79.2 Å². The summed E-state index contributed by atoms with van der Waals surface area (Å²) in [4.78, 5) is 31.7. The molecule has 126 valence electrons. The van der Waals surface area contributed by atoms with E-state index in [0.29, 0.717) is 32.8 Å². The SMILES string of the molecule is Cc1ccc2nc(CNC(=O)N3CCN4C(=O)OC[C@@H]4C3)cn2c1. The molecule has 0 aromatic carbocycles. The van der Waals surface area contributed by atoms with Crippen LogP contribution >= 0.6 is 0 Å². The molecule has 2 saturated heterocycles. The van der Waals surface area contributed by atoms with E-state index in [4.69, 9.17) is 4.74 Å². The van der Waals surface area contributed by atoms with Gasteiger partial charge in [-0.05, 0) is 18.6 Å². The Hall–Kier alpha value is -2.77. The third-order valence-electron chi connectivity index (χ3n) is 4.47. The van der Waals surface area contributed by atoms with Crippen LogP contribution < -0.4 is 5.32 Å². The molecule has 2 aliphatic rings. The highest BCUT2D eigenvalue weighted by Gasteiger charge is 2.38. The normalized spacial score (nSPS) is 20.2. The van der Waals surface area contributed by atoms with E-state index in [1.165, 1.54) is 0 Å². The number of urea groups is 1. The van der Waals surface area contributed by atoms with Crippen LogP contribution in [0.2, 0.25) is 0 Å². The Kier molecular flexibility index (Phi) is 3.51. The van der Waals surface area contributed by atoms with Gasteiger partial charge in [0.1, 0.15) is 12.3 Å². The Balaban J connectivity index is 1.36. The van der Waals surface area contributed by atoms with Crippen molar-refractivity contribution in [3.05, 3.63) is 35.8 Å². The number of aryl methyl sites for hydroxylation is 1. The van der Waals surface area contributed by atoms with Crippen molar-refractivity contribution in [2.75, 3.05) is 26.2 Å². The molecule has 3 amide bonds. The smallest absolute Gasteiger partial charge is 0.410 e. The average Bonchev–Trinajstić information content (AvgIpc) is 3.15. The molecule has 0 unspecified atom stereocenters. The second kappa shape index (κ2) is 5.70. The average molecular weight is 329 g/mol. The molecule has 2 aliphatic heterocycles. The first-order chi connectivity index (χ1) is 11.6. The zero-order valence-electron chi connectivity index (χ0n) is 13.4. The fraction of sp³-hybridized carbons (Fsp3) is 0.438. The van der Waals surface area contributed by atoms with Gasteiger partial charge in [0.05, 0.1) is 18.3 Å². The third kappa shape index (κ3) is 2.64. The van der Waals surface area contributed by atoms with Gasteiger partial charge in [-0.25, -0.2) is 14.6 Å². The number of pyridine rings is 1. The predicted molar refractivity (Wildman–Crippen MR) is 85.6 cm³/mol. The molecule has 2 aromatic heterocycles. The molecule has 8 nitrogen and oxygen atoms in total. The fourth-order valence-electron chi connectivity index (χ4n) is 3.19. The summed E-state index contributed by atoms with van der Waals surface area (Å²) in [5.41, 5.74) is 2.83. The van der Waals surface area contributed by atoms with Crippen molar-refractivity contribution in [1.29, 1.82) is 0 Å². The van der Waals surface area contributed by atoms with Gasteiger partial charge in [-0.15, -0.1) is 0 Å². The van der Waals surface area contributed by atoms with Crippen LogP contribution in [0, 0.1) is 6.92 Å². The number of nitrogens with one attached hydrogen (secondary N) is 1. The highest BCUT2D eigenvalue weighted by Crippen LogP contribution is 2.17. The Morgan fingerprint density at radius 2 is 2.25 bits per heavy atom. The van der Waals surface area contributed by atoms with Gasteiger partial charge in [0.25, 0.3) is 0 Å². The first-order valence-electron chi connectivity index (χ1n) is 8.00. The maximum atomic E-state index is 12.3. The summed E-state index contributed by atoms with van der Waals surface area (Å²) in [6.45, 7) is 4.29. The molecular formula is C16H19N5O3. The number of fused-ring (bicyclic) bond motifs is 2. The molecule has 4 heterocycles. The largest absolute Gasteiger partial charge is 0.447 e. The predicted octanol–water partition coefficient (Wildman–Crippen LogP) is 0.989. The molecule has 2 fully saturated rings. The standard InChI is InChI=1S/C16H19N5O3/c1-11-2-3-14-18-12(8-20(14)7-11)6-17-15(22)19-4-5-21-13(9-19)10-24-16(21)23/h2-3,7-8,13H,4-6,9-10H2,1H3,(H,17,22)/t13-/m0/s1. The van der Waals surface area contributed by atoms with Crippen LogP contribution in [0.4, 0.5) is 9.59 Å². The van der Waals surface area contributed by atoms with Crippen molar-refractivity contribution < 1.29 is 14.3 Å². The monoisotopic (exact) mass is 329 g/mol. The van der Waals surface area contributed by atoms with Crippen molar-refractivity contribution in [3.8, 4) is 0 Å². The number of carbonyl (C=O) groups is 2. The third-order valence-corrected chi connectivity index (χ3v) is 4.47. The van der Waals surface area contributed by atoms with Crippen LogP contribution in [0.5, 0.6) is 0 Å². The quantitative estimate of drug-likeness (QED) is 0.891. The highest BCUT2D eigenvalue weighted by atomic mass is 16.6. The lowest BCUT2D eigenvalue weighted by atomic mass is 10.2. The van der Waals surface area contributed by atoms with Gasteiger partial charge in [-0.3, -0.25) is 4.90 Å². The highest BCUT2D eigenvalue weighted by molar-refractivity contribution is 5.75. The molecular weight excluding hydrogens is 310 g/mol. The second-order valence-corrected chi connectivity index (χ2v) is 6.23. The molecule has 0 bridgehead atoms. The number of amides is 3. The minimum Gasteiger partial charge on any atom is -0.447 e. The van der Waals surface area contributed by atoms with Crippen LogP contribution in [0.3, 0.4) is 0 Å². The van der Waals surface area contributed by atoms with Gasteiger partial charge in [0, 0.05) is 32.0 Å². The van der Waals surface area contributed by atoms with Crippen molar-refractivity contribution >= 4 is 17.8 Å². The summed E-state index contributed by atoms with van der Waals surface area (Å²) in [5.74, 6) is 0. The maximum absolute atomic E-state index is 12.3. The minimum atomic E-state index is -0.278. The zero-order chi connectivity index (χ0) is 16.7. The van der Waals surface area contributed by atoms with Gasteiger partial charge in [0.2, 0.25) is 0 Å². The van der Waals surface area contributed by atoms with E-state index in [0.717, 1.165) is 16.9 Å². The van der Waals surface area contributed by atoms with Crippen LogP contribution in [-0.4, -0.2) is 63.6 Å². The number of nitrogens with zero attached hydrogens (tertiary/aromatic N) is 4. The van der Waals surface area contributed by atoms with E-state index in [2.05, 4.69) is 10.3 Å². The molecule has 24 heavy (non-hydrogen) atoms. The van der Waals surface area contributed by atoms with Crippen molar-refractivity contribution in [2.24, 2.45) is 0 Å². The Morgan fingerprint density at radius 1 is 1.38 bits per heavy atom. The van der Waals surface area contributed by atoms with Crippen molar-refractivity contribution in [1.82, 2.24) is 24.5 Å². The molecule has 0 spiro atoms. The number of hydrogen-bond acceptors (Lipinski definition) is 4. The minimum absolute atomic E-state index is 0.0323. The van der Waals surface area contributed by atoms with Crippen LogP contribution in [0.25, 0.3) is 5.65 Å². The van der Waals surface area contributed by atoms with Gasteiger partial charge in [-0.1, -0.05) is 6.07 Å². The molecule has 4 rings (SSSR count). The molecule has 0 radical (unpaired) electrons. The summed E-state index contributed by atoms with van der Waals surface area (Å²) in [5, 5.41) is 2.90. The zero-order valence-corrected chi connectivity index (χ0v) is 13.4. The van der Waals surface area contributed by atoms with Gasteiger partial charge in [0.15, 0.2) is 0 Å². The summed E-state index contributed by atoms with van der Waals surface area (Å²) < 4.78 is 6.97. The molecule has 0 saturated carbocycles. The molecule has 8 heteroatoms. The van der Waals surface area contributed by atoms with Crippen LogP contribution in [0.1, 0.15) is 11.3 Å². The van der Waals surface area contributed by atoms with Gasteiger partial charge >= 0.3 is 12.1 Å². The van der Waals surface area contributed by atoms with Crippen LogP contribution in [-0.2, 0) is 11.3 Å². The summed E-state index contributed by atoms with van der Waals surface area (Å²) in [6, 6.07) is 3.80. The van der Waals surface area contributed by atoms with Crippen molar-refractivity contribution in [3.63, 3.8) is 0 Å². The number of piperazine rings is 1. The number of hydrogen-bond donors (Lipinski definition) is 1. The number of cyclic esters (lactones) is 1. The first kappa shape index (κ1) is 14.8. The Labute approximate surface area is 139 Å². The maximum Gasteiger partial charge on any atom is 0.410 e. The van der Waals surface area contributed by atoms with Crippen LogP contribution in [0.15, 0.2) is 24.5 Å². The number of carbonyl (C=O) groups excluding carboxylic acids is 2. The number of rotatable bonds is 2. The van der Waals surface area contributed by atoms with E-state index in [9.17, 15) is 9.59 Å². The number of aromatic nitrogens is 2. The number of imidazole rings is 1.